The lowest BCUT2D eigenvalue weighted by Crippen LogP contribution is -2.76. The summed E-state index contributed by atoms with van der Waals surface area (Å²) in [6.07, 6.45) is 9.11. The highest BCUT2D eigenvalue weighted by Crippen LogP contribution is 2.35. The van der Waals surface area contributed by atoms with E-state index in [0.717, 1.165) is 25.7 Å². The van der Waals surface area contributed by atoms with Crippen LogP contribution in [-0.4, -0.2) is 82.4 Å². The van der Waals surface area contributed by atoms with Gasteiger partial charge in [0.2, 0.25) is 0 Å². The molecule has 0 heterocycles. The molecule has 1 N–H and O–H groups in total. The van der Waals surface area contributed by atoms with E-state index >= 15 is 0 Å². The molecular weight excluding hydrogens is 478 g/mol. The fourth-order valence-corrected chi connectivity index (χ4v) is 5.89. The molecule has 0 aromatic rings. The zero-order valence-electron chi connectivity index (χ0n) is 24.8. The molecule has 0 fully saturated rings. The molecule has 0 aromatic heterocycles. The molecule has 212 valence electrons. The van der Waals surface area contributed by atoms with Gasteiger partial charge in [0.1, 0.15) is 0 Å². The lowest BCUT2D eigenvalue weighted by atomic mass is 10.1. The summed E-state index contributed by atoms with van der Waals surface area (Å²) in [5, 5.41) is 3.69. The zero-order chi connectivity index (χ0) is 26.8. The van der Waals surface area contributed by atoms with E-state index in [4.69, 9.17) is 28.4 Å². The predicted octanol–water partition coefficient (Wildman–Crippen LogP) is 3.39. The van der Waals surface area contributed by atoms with Crippen molar-refractivity contribution >= 4 is 20.5 Å². The van der Waals surface area contributed by atoms with Gasteiger partial charge in [-0.2, -0.15) is 0 Å². The van der Waals surface area contributed by atoms with Gasteiger partial charge in [-0.05, 0) is 54.4 Å². The second kappa shape index (κ2) is 18.4. The number of nitrogens with one attached hydrogen (secondary N) is 1. The fourth-order valence-electron chi connectivity index (χ4n) is 4.37. The average molecular weight is 538 g/mol. The standard InChI is InChI=1S/C26H59NO6Si2/c1-9-15-17-19-21-32-25(34,30-13-5)23(7,28-11-3)27-24(8,29-12-4)26(35,31-14-6)33-22-20-18-16-10-2/h27H,9-22H2,1-8,34-35H3. The van der Waals surface area contributed by atoms with E-state index in [2.05, 4.69) is 19.2 Å². The van der Waals surface area contributed by atoms with Crippen LogP contribution < -0.4 is 5.32 Å². The first-order valence-electron chi connectivity index (χ1n) is 14.2. The van der Waals surface area contributed by atoms with Gasteiger partial charge in [0.25, 0.3) is 0 Å². The molecule has 0 bridgehead atoms. The number of hydrogen-bond donors (Lipinski definition) is 1. The zero-order valence-corrected chi connectivity index (χ0v) is 28.8. The van der Waals surface area contributed by atoms with E-state index in [-0.39, 0.29) is 0 Å². The summed E-state index contributed by atoms with van der Waals surface area (Å²) in [4.78, 5) is 0. The summed E-state index contributed by atoms with van der Waals surface area (Å²) in [6, 6.07) is 0. The third kappa shape index (κ3) is 11.2. The highest BCUT2D eigenvalue weighted by molar-refractivity contribution is 6.15. The maximum atomic E-state index is 6.48. The number of unbranched alkanes of at least 4 members (excludes halogenated alkanes) is 6. The van der Waals surface area contributed by atoms with Crippen molar-refractivity contribution in [2.45, 2.75) is 129 Å². The predicted molar refractivity (Wildman–Crippen MR) is 152 cm³/mol. The Morgan fingerprint density at radius 3 is 1.11 bits per heavy atom. The molecule has 4 unspecified atom stereocenters. The number of hydrogen-bond acceptors (Lipinski definition) is 7. The first-order chi connectivity index (χ1) is 16.6. The van der Waals surface area contributed by atoms with Gasteiger partial charge in [-0.3, -0.25) is 5.32 Å². The Balaban J connectivity index is 6.01. The Hall–Kier alpha value is 0.154. The first-order valence-corrected chi connectivity index (χ1v) is 16.2. The third-order valence-corrected chi connectivity index (χ3v) is 9.73. The molecule has 7 nitrogen and oxygen atoms in total. The van der Waals surface area contributed by atoms with E-state index in [0.29, 0.717) is 60.1 Å². The molecule has 0 saturated heterocycles. The van der Waals surface area contributed by atoms with Crippen LogP contribution >= 0.6 is 0 Å². The molecule has 0 aliphatic rings. The molecule has 0 amide bonds. The van der Waals surface area contributed by atoms with Crippen LogP contribution in [0, 0.1) is 0 Å². The number of rotatable bonds is 24. The summed E-state index contributed by atoms with van der Waals surface area (Å²) >= 11 is 0. The van der Waals surface area contributed by atoms with Crippen molar-refractivity contribution in [3.8, 4) is 0 Å². The molecule has 0 aliphatic carbocycles. The van der Waals surface area contributed by atoms with Crippen molar-refractivity contribution in [1.82, 2.24) is 5.32 Å². The molecule has 0 aromatic carbocycles. The maximum absolute atomic E-state index is 6.48. The van der Waals surface area contributed by atoms with Crippen LogP contribution in [0.2, 0.25) is 0 Å². The van der Waals surface area contributed by atoms with E-state index in [9.17, 15) is 0 Å². The van der Waals surface area contributed by atoms with Gasteiger partial charge < -0.3 is 28.4 Å². The van der Waals surface area contributed by atoms with Gasteiger partial charge in [-0.1, -0.05) is 52.4 Å². The normalized spacial score (nSPS) is 19.2. The molecule has 9 heteroatoms. The van der Waals surface area contributed by atoms with Gasteiger partial charge in [0, 0.05) is 39.6 Å². The minimum Gasteiger partial charge on any atom is -0.356 e. The largest absolute Gasteiger partial charge is 0.356 e. The highest BCUT2D eigenvalue weighted by Gasteiger charge is 2.57. The SMILES string of the molecule is CCCCCCOC([SiH3])(OCC)C(C)(NC(C)(OCC)C([SiH3])(OCC)OCCCCCC)OCC. The minimum atomic E-state index is -0.961. The van der Waals surface area contributed by atoms with Crippen molar-refractivity contribution in [3.05, 3.63) is 0 Å². The van der Waals surface area contributed by atoms with E-state index in [1.165, 1.54) is 25.7 Å². The topological polar surface area (TPSA) is 67.4 Å². The van der Waals surface area contributed by atoms with Gasteiger partial charge in [-0.25, -0.2) is 0 Å². The second-order valence-corrected chi connectivity index (χ2v) is 12.3. The van der Waals surface area contributed by atoms with Crippen LogP contribution in [0.25, 0.3) is 0 Å². The van der Waals surface area contributed by atoms with Gasteiger partial charge in [0.15, 0.2) is 22.3 Å². The Bertz CT molecular complexity index is 490. The van der Waals surface area contributed by atoms with Crippen molar-refractivity contribution < 1.29 is 28.4 Å². The molecule has 0 spiro atoms. The molecular formula is C26H59NO6Si2. The van der Waals surface area contributed by atoms with Crippen LogP contribution in [-0.2, 0) is 28.4 Å². The molecule has 0 saturated carbocycles. The Labute approximate surface area is 222 Å². The van der Waals surface area contributed by atoms with Crippen molar-refractivity contribution in [2.24, 2.45) is 0 Å². The molecule has 0 rings (SSSR count). The molecule has 4 atom stereocenters. The maximum Gasteiger partial charge on any atom is 0.182 e. The van der Waals surface area contributed by atoms with Crippen molar-refractivity contribution in [2.75, 3.05) is 39.6 Å². The molecule has 0 aliphatic heterocycles. The lowest BCUT2D eigenvalue weighted by Gasteiger charge is -2.54. The van der Waals surface area contributed by atoms with Gasteiger partial charge in [0.05, 0.1) is 20.5 Å². The summed E-state index contributed by atoms with van der Waals surface area (Å²) in [7, 11) is 1.20. The fraction of sp³-hybridized carbons (Fsp3) is 1.00. The Morgan fingerprint density at radius 1 is 0.486 bits per heavy atom. The number of ether oxygens (including phenoxy) is 6. The molecule has 0 radical (unpaired) electrons. The summed E-state index contributed by atoms with van der Waals surface area (Å²) in [5.41, 5.74) is -3.73. The van der Waals surface area contributed by atoms with Crippen molar-refractivity contribution in [3.63, 3.8) is 0 Å². The Kier molecular flexibility index (Phi) is 18.5. The third-order valence-electron chi connectivity index (χ3n) is 6.67. The smallest absolute Gasteiger partial charge is 0.182 e. The minimum absolute atomic E-state index is 0.503. The lowest BCUT2D eigenvalue weighted by molar-refractivity contribution is -0.340. The Morgan fingerprint density at radius 2 is 0.829 bits per heavy atom. The van der Waals surface area contributed by atoms with Crippen molar-refractivity contribution in [1.29, 1.82) is 0 Å². The van der Waals surface area contributed by atoms with E-state index in [1.54, 1.807) is 0 Å². The monoisotopic (exact) mass is 537 g/mol. The summed E-state index contributed by atoms with van der Waals surface area (Å²) in [5.74, 6) is 0. The van der Waals surface area contributed by atoms with Gasteiger partial charge in [-0.15, -0.1) is 0 Å². The van der Waals surface area contributed by atoms with Crippen LogP contribution in [0.4, 0.5) is 0 Å². The van der Waals surface area contributed by atoms with Crippen LogP contribution in [0.15, 0.2) is 0 Å². The second-order valence-electron chi connectivity index (χ2n) is 9.63. The van der Waals surface area contributed by atoms with Crippen LogP contribution in [0.3, 0.4) is 0 Å². The average Bonchev–Trinajstić information content (AvgIpc) is 2.79. The van der Waals surface area contributed by atoms with Crippen LogP contribution in [0.1, 0.15) is 107 Å². The van der Waals surface area contributed by atoms with E-state index < -0.39 is 22.3 Å². The first kappa shape index (κ1) is 35.2. The summed E-state index contributed by atoms with van der Waals surface area (Å²) in [6.45, 7) is 19.8. The van der Waals surface area contributed by atoms with Gasteiger partial charge >= 0.3 is 0 Å². The van der Waals surface area contributed by atoms with Crippen LogP contribution in [0.5, 0.6) is 0 Å². The quantitative estimate of drug-likeness (QED) is 0.115. The highest BCUT2D eigenvalue weighted by atomic mass is 28.2. The summed E-state index contributed by atoms with van der Waals surface area (Å²) < 4.78 is 38.4. The van der Waals surface area contributed by atoms with E-state index in [1.807, 2.05) is 41.5 Å². The molecule has 35 heavy (non-hydrogen) atoms.